The van der Waals surface area contributed by atoms with E-state index >= 15 is 0 Å². The van der Waals surface area contributed by atoms with Crippen LogP contribution in [0.4, 0.5) is 0 Å². The van der Waals surface area contributed by atoms with Gasteiger partial charge in [0, 0.05) is 19.5 Å². The van der Waals surface area contributed by atoms with Gasteiger partial charge < -0.3 is 0 Å². The van der Waals surface area contributed by atoms with E-state index in [-0.39, 0.29) is 5.38 Å². The average molecular weight is 276 g/mol. The Kier molecular flexibility index (Phi) is 4.98. The van der Waals surface area contributed by atoms with Gasteiger partial charge in [-0.2, -0.15) is 0 Å². The maximum Gasteiger partial charge on any atom is 0.242 e. The number of rotatable bonds is 5. The van der Waals surface area contributed by atoms with E-state index in [1.807, 2.05) is 19.1 Å². The molecule has 1 aromatic carbocycles. The van der Waals surface area contributed by atoms with Crippen molar-refractivity contribution < 1.29 is 8.42 Å². The molecule has 96 valence electrons. The second kappa shape index (κ2) is 5.85. The van der Waals surface area contributed by atoms with E-state index in [0.29, 0.717) is 4.90 Å². The summed E-state index contributed by atoms with van der Waals surface area (Å²) in [5.41, 5.74) is 1.06. The summed E-state index contributed by atoms with van der Waals surface area (Å²) in [6.45, 7) is 2.03. The number of alkyl halides is 1. The van der Waals surface area contributed by atoms with Gasteiger partial charge in [0.25, 0.3) is 0 Å². The molecule has 0 aliphatic carbocycles. The first-order chi connectivity index (χ1) is 7.87. The fourth-order valence-electron chi connectivity index (χ4n) is 1.41. The molecule has 1 unspecified atom stereocenters. The highest BCUT2D eigenvalue weighted by atomic mass is 35.5. The van der Waals surface area contributed by atoms with Crippen LogP contribution in [0.2, 0.25) is 0 Å². The largest absolute Gasteiger partial charge is 0.242 e. The summed E-state index contributed by atoms with van der Waals surface area (Å²) in [5.74, 6) is 0. The summed E-state index contributed by atoms with van der Waals surface area (Å²) in [5, 5.41) is 0.103. The Morgan fingerprint density at radius 1 is 1.24 bits per heavy atom. The first kappa shape index (κ1) is 14.5. The van der Waals surface area contributed by atoms with E-state index in [0.717, 1.165) is 18.4 Å². The van der Waals surface area contributed by atoms with E-state index in [1.54, 1.807) is 12.1 Å². The molecule has 0 aliphatic rings. The molecule has 0 heterocycles. The summed E-state index contributed by atoms with van der Waals surface area (Å²) < 4.78 is 24.8. The highest BCUT2D eigenvalue weighted by molar-refractivity contribution is 7.89. The zero-order valence-electron chi connectivity index (χ0n) is 10.4. The van der Waals surface area contributed by atoms with Crippen molar-refractivity contribution in [2.45, 2.75) is 30.0 Å². The fourth-order valence-corrected chi connectivity index (χ4v) is 2.49. The summed E-state index contributed by atoms with van der Waals surface area (Å²) in [4.78, 5) is 0.314. The Labute approximate surface area is 108 Å². The minimum Gasteiger partial charge on any atom is -0.207 e. The van der Waals surface area contributed by atoms with Gasteiger partial charge in [-0.05, 0) is 30.5 Å². The van der Waals surface area contributed by atoms with E-state index in [1.165, 1.54) is 18.4 Å². The number of hydrogen-bond acceptors (Lipinski definition) is 2. The van der Waals surface area contributed by atoms with Crippen LogP contribution in [0.3, 0.4) is 0 Å². The lowest BCUT2D eigenvalue weighted by Gasteiger charge is -2.12. The predicted molar refractivity (Wildman–Crippen MR) is 71.0 cm³/mol. The maximum atomic E-state index is 11.8. The van der Waals surface area contributed by atoms with Crippen molar-refractivity contribution in [2.24, 2.45) is 0 Å². The third-order valence-corrected chi connectivity index (χ3v) is 4.89. The third-order valence-electron chi connectivity index (χ3n) is 2.60. The molecule has 0 N–H and O–H groups in total. The van der Waals surface area contributed by atoms with Crippen molar-refractivity contribution in [1.29, 1.82) is 0 Å². The Morgan fingerprint density at radius 3 is 2.18 bits per heavy atom. The molecule has 0 saturated carbocycles. The minimum absolute atomic E-state index is 0.103. The normalized spacial score (nSPS) is 13.9. The van der Waals surface area contributed by atoms with E-state index in [4.69, 9.17) is 11.6 Å². The summed E-state index contributed by atoms with van der Waals surface area (Å²) in [6.07, 6.45) is 1.67. The third kappa shape index (κ3) is 3.69. The topological polar surface area (TPSA) is 37.4 Å². The molecule has 1 aromatic rings. The van der Waals surface area contributed by atoms with Crippen molar-refractivity contribution in [3.63, 3.8) is 0 Å². The van der Waals surface area contributed by atoms with Crippen LogP contribution < -0.4 is 0 Å². The van der Waals surface area contributed by atoms with Gasteiger partial charge in [-0.15, -0.1) is 11.6 Å². The fraction of sp³-hybridized carbons (Fsp3) is 0.500. The lowest BCUT2D eigenvalue weighted by molar-refractivity contribution is 0.520. The van der Waals surface area contributed by atoms with Crippen LogP contribution in [0, 0.1) is 0 Å². The van der Waals surface area contributed by atoms with Gasteiger partial charge in [0.05, 0.1) is 4.90 Å². The van der Waals surface area contributed by atoms with Gasteiger partial charge in [-0.1, -0.05) is 19.1 Å². The molecule has 0 amide bonds. The van der Waals surface area contributed by atoms with Gasteiger partial charge in [0.15, 0.2) is 0 Å². The molecule has 3 nitrogen and oxygen atoms in total. The van der Waals surface area contributed by atoms with Gasteiger partial charge in [0.1, 0.15) is 0 Å². The van der Waals surface area contributed by atoms with Crippen LogP contribution in [0.25, 0.3) is 0 Å². The molecule has 0 aliphatic heterocycles. The quantitative estimate of drug-likeness (QED) is 0.775. The number of halogens is 1. The average Bonchev–Trinajstić information content (AvgIpc) is 2.29. The Bertz CT molecular complexity index is 454. The van der Waals surface area contributed by atoms with Gasteiger partial charge in [-0.3, -0.25) is 0 Å². The van der Waals surface area contributed by atoms with Crippen molar-refractivity contribution in [2.75, 3.05) is 14.1 Å². The molecular formula is C12H18ClNO2S. The SMILES string of the molecule is CCC(Cl)Cc1ccc(S(=O)(=O)N(C)C)cc1. The van der Waals surface area contributed by atoms with Crippen molar-refractivity contribution in [3.8, 4) is 0 Å². The molecule has 0 bridgehead atoms. The Balaban J connectivity index is 2.89. The zero-order chi connectivity index (χ0) is 13.1. The minimum atomic E-state index is -3.33. The highest BCUT2D eigenvalue weighted by Gasteiger charge is 2.16. The first-order valence-electron chi connectivity index (χ1n) is 5.53. The number of benzene rings is 1. The van der Waals surface area contributed by atoms with Crippen molar-refractivity contribution >= 4 is 21.6 Å². The monoisotopic (exact) mass is 275 g/mol. The van der Waals surface area contributed by atoms with Crippen molar-refractivity contribution in [1.82, 2.24) is 4.31 Å². The van der Waals surface area contributed by atoms with Gasteiger partial charge in [-0.25, -0.2) is 12.7 Å². The number of hydrogen-bond donors (Lipinski definition) is 0. The predicted octanol–water partition coefficient (Wildman–Crippen LogP) is 2.50. The lowest BCUT2D eigenvalue weighted by Crippen LogP contribution is -2.22. The number of nitrogens with zero attached hydrogens (tertiary/aromatic N) is 1. The smallest absolute Gasteiger partial charge is 0.207 e. The van der Waals surface area contributed by atoms with E-state index in [2.05, 4.69) is 0 Å². The molecule has 17 heavy (non-hydrogen) atoms. The molecule has 1 rings (SSSR count). The molecule has 0 aromatic heterocycles. The summed E-state index contributed by atoms with van der Waals surface area (Å²) >= 11 is 6.05. The van der Waals surface area contributed by atoms with E-state index < -0.39 is 10.0 Å². The van der Waals surface area contributed by atoms with Gasteiger partial charge in [0.2, 0.25) is 10.0 Å². The van der Waals surface area contributed by atoms with Crippen LogP contribution in [-0.2, 0) is 16.4 Å². The molecule has 0 saturated heterocycles. The summed E-state index contributed by atoms with van der Waals surface area (Å²) in [7, 11) is -0.281. The molecule has 0 radical (unpaired) electrons. The maximum absolute atomic E-state index is 11.8. The molecule has 0 fully saturated rings. The zero-order valence-corrected chi connectivity index (χ0v) is 11.9. The molecule has 0 spiro atoms. The first-order valence-corrected chi connectivity index (χ1v) is 7.41. The Hall–Kier alpha value is -0.580. The van der Waals surface area contributed by atoms with Crippen LogP contribution >= 0.6 is 11.6 Å². The Morgan fingerprint density at radius 2 is 1.76 bits per heavy atom. The van der Waals surface area contributed by atoms with Crippen LogP contribution in [0.15, 0.2) is 29.2 Å². The second-order valence-electron chi connectivity index (χ2n) is 4.14. The number of sulfonamides is 1. The van der Waals surface area contributed by atoms with Crippen LogP contribution in [0.5, 0.6) is 0 Å². The highest BCUT2D eigenvalue weighted by Crippen LogP contribution is 2.16. The summed E-state index contributed by atoms with van der Waals surface area (Å²) in [6, 6.07) is 6.90. The van der Waals surface area contributed by atoms with Crippen LogP contribution in [-0.4, -0.2) is 32.2 Å². The lowest BCUT2D eigenvalue weighted by atomic mass is 10.1. The van der Waals surface area contributed by atoms with E-state index in [9.17, 15) is 8.42 Å². The van der Waals surface area contributed by atoms with Gasteiger partial charge >= 0.3 is 0 Å². The molecule has 5 heteroatoms. The molecular weight excluding hydrogens is 258 g/mol. The second-order valence-corrected chi connectivity index (χ2v) is 6.91. The molecule has 1 atom stereocenters. The standard InChI is InChI=1S/C12H18ClNO2S/c1-4-11(13)9-10-5-7-12(8-6-10)17(15,16)14(2)3/h5-8,11H,4,9H2,1-3H3. The van der Waals surface area contributed by atoms with Crippen molar-refractivity contribution in [3.05, 3.63) is 29.8 Å². The van der Waals surface area contributed by atoms with Crippen LogP contribution in [0.1, 0.15) is 18.9 Å².